The van der Waals surface area contributed by atoms with E-state index in [1.807, 2.05) is 37.3 Å². The van der Waals surface area contributed by atoms with Crippen LogP contribution < -0.4 is 14.8 Å². The second-order valence-corrected chi connectivity index (χ2v) is 4.90. The molecule has 0 aliphatic carbocycles. The van der Waals surface area contributed by atoms with E-state index in [-0.39, 0.29) is 6.04 Å². The van der Waals surface area contributed by atoms with Crippen molar-refractivity contribution in [2.75, 3.05) is 20.8 Å². The van der Waals surface area contributed by atoms with Gasteiger partial charge in [0.2, 0.25) is 0 Å². The zero-order valence-corrected chi connectivity index (χ0v) is 13.1. The molecule has 0 spiro atoms. The van der Waals surface area contributed by atoms with Crippen molar-refractivity contribution >= 4 is 11.6 Å². The predicted octanol–water partition coefficient (Wildman–Crippen LogP) is 3.45. The van der Waals surface area contributed by atoms with E-state index in [1.54, 1.807) is 20.4 Å². The SMILES string of the molecule is CCNC(c1cc(Cl)ccc1OC)c1ncccc1OC. The van der Waals surface area contributed by atoms with E-state index in [4.69, 9.17) is 21.1 Å². The lowest BCUT2D eigenvalue weighted by Gasteiger charge is -2.22. The third-order valence-corrected chi connectivity index (χ3v) is 3.44. The molecule has 21 heavy (non-hydrogen) atoms. The molecule has 1 aromatic heterocycles. The van der Waals surface area contributed by atoms with E-state index in [1.165, 1.54) is 0 Å². The van der Waals surface area contributed by atoms with Crippen molar-refractivity contribution in [3.8, 4) is 11.5 Å². The maximum Gasteiger partial charge on any atom is 0.142 e. The molecule has 1 atom stereocenters. The molecule has 1 aromatic carbocycles. The number of hydrogen-bond acceptors (Lipinski definition) is 4. The zero-order chi connectivity index (χ0) is 15.2. The molecule has 1 N–H and O–H groups in total. The molecule has 0 aliphatic rings. The molecule has 0 saturated carbocycles. The van der Waals surface area contributed by atoms with Gasteiger partial charge in [0.15, 0.2) is 0 Å². The topological polar surface area (TPSA) is 43.4 Å². The molecular weight excluding hydrogens is 288 g/mol. The Morgan fingerprint density at radius 3 is 2.62 bits per heavy atom. The van der Waals surface area contributed by atoms with Gasteiger partial charge in [-0.3, -0.25) is 4.98 Å². The van der Waals surface area contributed by atoms with Gasteiger partial charge in [-0.2, -0.15) is 0 Å². The first kappa shape index (κ1) is 15.6. The Labute approximate surface area is 130 Å². The minimum Gasteiger partial charge on any atom is -0.496 e. The molecule has 1 unspecified atom stereocenters. The van der Waals surface area contributed by atoms with Crippen LogP contribution in [-0.4, -0.2) is 25.7 Å². The third-order valence-electron chi connectivity index (χ3n) is 3.20. The molecule has 0 bridgehead atoms. The molecule has 0 aliphatic heterocycles. The van der Waals surface area contributed by atoms with Crippen LogP contribution in [0.5, 0.6) is 11.5 Å². The molecule has 2 aromatic rings. The second kappa shape index (κ2) is 7.29. The van der Waals surface area contributed by atoms with E-state index in [0.717, 1.165) is 29.3 Å². The summed E-state index contributed by atoms with van der Waals surface area (Å²) < 4.78 is 10.9. The van der Waals surface area contributed by atoms with E-state index in [2.05, 4.69) is 10.3 Å². The summed E-state index contributed by atoms with van der Waals surface area (Å²) in [4.78, 5) is 4.46. The number of nitrogens with one attached hydrogen (secondary N) is 1. The first-order valence-corrected chi connectivity index (χ1v) is 7.14. The van der Waals surface area contributed by atoms with Crippen LogP contribution in [-0.2, 0) is 0 Å². The lowest BCUT2D eigenvalue weighted by atomic mass is 10.0. The molecule has 112 valence electrons. The largest absolute Gasteiger partial charge is 0.496 e. The van der Waals surface area contributed by atoms with Gasteiger partial charge in [-0.15, -0.1) is 0 Å². The lowest BCUT2D eigenvalue weighted by Crippen LogP contribution is -2.24. The number of nitrogens with zero attached hydrogens (tertiary/aromatic N) is 1. The van der Waals surface area contributed by atoms with Gasteiger partial charge >= 0.3 is 0 Å². The van der Waals surface area contributed by atoms with Crippen LogP contribution in [0.1, 0.15) is 24.2 Å². The van der Waals surface area contributed by atoms with Crippen LogP contribution in [0.15, 0.2) is 36.5 Å². The number of pyridine rings is 1. The van der Waals surface area contributed by atoms with E-state index in [0.29, 0.717) is 5.02 Å². The minimum absolute atomic E-state index is 0.153. The molecule has 1 heterocycles. The summed E-state index contributed by atoms with van der Waals surface area (Å²) >= 11 is 6.14. The van der Waals surface area contributed by atoms with Gasteiger partial charge in [-0.05, 0) is 36.9 Å². The molecule has 4 nitrogen and oxygen atoms in total. The van der Waals surface area contributed by atoms with Crippen LogP contribution in [0.4, 0.5) is 0 Å². The number of halogens is 1. The summed E-state index contributed by atoms with van der Waals surface area (Å²) in [5.74, 6) is 1.49. The number of rotatable bonds is 6. The fraction of sp³-hybridized carbons (Fsp3) is 0.312. The van der Waals surface area contributed by atoms with Crippen molar-refractivity contribution in [3.05, 3.63) is 52.8 Å². The van der Waals surface area contributed by atoms with Gasteiger partial charge < -0.3 is 14.8 Å². The molecule has 0 radical (unpaired) electrons. The Morgan fingerprint density at radius 1 is 1.19 bits per heavy atom. The molecular formula is C16H19ClN2O2. The van der Waals surface area contributed by atoms with Gasteiger partial charge in [0.25, 0.3) is 0 Å². The monoisotopic (exact) mass is 306 g/mol. The maximum atomic E-state index is 6.14. The molecule has 0 amide bonds. The van der Waals surface area contributed by atoms with Crippen LogP contribution in [0, 0.1) is 0 Å². The summed E-state index contributed by atoms with van der Waals surface area (Å²) in [6.07, 6.45) is 1.75. The number of hydrogen-bond donors (Lipinski definition) is 1. The Kier molecular flexibility index (Phi) is 5.42. The van der Waals surface area contributed by atoms with Gasteiger partial charge in [0.1, 0.15) is 17.2 Å². The lowest BCUT2D eigenvalue weighted by molar-refractivity contribution is 0.391. The van der Waals surface area contributed by atoms with Gasteiger partial charge in [0, 0.05) is 16.8 Å². The fourth-order valence-electron chi connectivity index (χ4n) is 2.28. The van der Waals surface area contributed by atoms with Gasteiger partial charge in [-0.25, -0.2) is 0 Å². The van der Waals surface area contributed by atoms with Crippen LogP contribution in [0.25, 0.3) is 0 Å². The Balaban J connectivity index is 2.55. The Morgan fingerprint density at radius 2 is 1.95 bits per heavy atom. The molecule has 0 saturated heterocycles. The predicted molar refractivity (Wildman–Crippen MR) is 84.3 cm³/mol. The standard InChI is InChI=1S/C16H19ClN2O2/c1-4-18-15(16-14(21-3)6-5-9-19-16)12-10-11(17)7-8-13(12)20-2/h5-10,15,18H,4H2,1-3H3. The van der Waals surface area contributed by atoms with Crippen molar-refractivity contribution in [2.45, 2.75) is 13.0 Å². The highest BCUT2D eigenvalue weighted by Crippen LogP contribution is 2.34. The fourth-order valence-corrected chi connectivity index (χ4v) is 2.46. The molecule has 2 rings (SSSR count). The maximum absolute atomic E-state index is 6.14. The molecule has 0 fully saturated rings. The van der Waals surface area contributed by atoms with E-state index in [9.17, 15) is 0 Å². The van der Waals surface area contributed by atoms with Crippen LogP contribution >= 0.6 is 11.6 Å². The summed E-state index contributed by atoms with van der Waals surface area (Å²) in [6, 6.07) is 9.14. The zero-order valence-electron chi connectivity index (χ0n) is 12.4. The highest BCUT2D eigenvalue weighted by molar-refractivity contribution is 6.30. The van der Waals surface area contributed by atoms with Crippen molar-refractivity contribution in [2.24, 2.45) is 0 Å². The first-order valence-electron chi connectivity index (χ1n) is 6.77. The average Bonchev–Trinajstić information content (AvgIpc) is 2.52. The minimum atomic E-state index is -0.153. The Bertz CT molecular complexity index is 605. The highest BCUT2D eigenvalue weighted by atomic mass is 35.5. The summed E-state index contributed by atoms with van der Waals surface area (Å²) in [5.41, 5.74) is 1.74. The number of aromatic nitrogens is 1. The first-order chi connectivity index (χ1) is 10.2. The quantitative estimate of drug-likeness (QED) is 0.887. The van der Waals surface area contributed by atoms with Crippen molar-refractivity contribution in [3.63, 3.8) is 0 Å². The van der Waals surface area contributed by atoms with Crippen molar-refractivity contribution < 1.29 is 9.47 Å². The van der Waals surface area contributed by atoms with Crippen LogP contribution in [0.3, 0.4) is 0 Å². The number of ether oxygens (including phenoxy) is 2. The van der Waals surface area contributed by atoms with Gasteiger partial charge in [-0.1, -0.05) is 18.5 Å². The normalized spacial score (nSPS) is 12.0. The summed E-state index contributed by atoms with van der Waals surface area (Å²) in [7, 11) is 3.28. The van der Waals surface area contributed by atoms with E-state index < -0.39 is 0 Å². The highest BCUT2D eigenvalue weighted by Gasteiger charge is 2.22. The van der Waals surface area contributed by atoms with Crippen molar-refractivity contribution in [1.29, 1.82) is 0 Å². The number of benzene rings is 1. The smallest absolute Gasteiger partial charge is 0.142 e. The summed E-state index contributed by atoms with van der Waals surface area (Å²) in [5, 5.41) is 4.07. The summed E-state index contributed by atoms with van der Waals surface area (Å²) in [6.45, 7) is 2.82. The second-order valence-electron chi connectivity index (χ2n) is 4.47. The van der Waals surface area contributed by atoms with E-state index >= 15 is 0 Å². The van der Waals surface area contributed by atoms with Crippen LogP contribution in [0.2, 0.25) is 5.02 Å². The average molecular weight is 307 g/mol. The van der Waals surface area contributed by atoms with Crippen molar-refractivity contribution in [1.82, 2.24) is 10.3 Å². The number of methoxy groups -OCH3 is 2. The third kappa shape index (κ3) is 3.46. The van der Waals surface area contributed by atoms with Gasteiger partial charge in [0.05, 0.1) is 20.3 Å². The molecule has 5 heteroatoms. The Hall–Kier alpha value is -1.78.